The van der Waals surface area contributed by atoms with E-state index in [4.69, 9.17) is 42.9 Å². The number of hydrogen-bond donors (Lipinski definition) is 7. The highest BCUT2D eigenvalue weighted by molar-refractivity contribution is 4.66. The number of nitrogens with one attached hydrogen (secondary N) is 1. The molecule has 0 aromatic carbocycles. The van der Waals surface area contributed by atoms with Gasteiger partial charge in [0.15, 0.2) is 0 Å². The first-order valence-electron chi connectivity index (χ1n) is 11.5. The van der Waals surface area contributed by atoms with Crippen molar-refractivity contribution in [1.29, 1.82) is 0 Å². The van der Waals surface area contributed by atoms with Crippen molar-refractivity contribution in [2.24, 2.45) is 28.7 Å². The third-order valence-electron chi connectivity index (χ3n) is 4.33. The second kappa shape index (κ2) is 26.8. The molecular formula is C20H52N8O4. The molecule has 0 spiro atoms. The Balaban J connectivity index is 0. The van der Waals surface area contributed by atoms with Gasteiger partial charge >= 0.3 is 0 Å². The van der Waals surface area contributed by atoms with Gasteiger partial charge in [-0.2, -0.15) is 0 Å². The van der Waals surface area contributed by atoms with Crippen LogP contribution in [0.5, 0.6) is 0 Å². The third-order valence-corrected chi connectivity index (χ3v) is 4.33. The van der Waals surface area contributed by atoms with Gasteiger partial charge < -0.3 is 53.3 Å². The molecule has 1 aliphatic heterocycles. The van der Waals surface area contributed by atoms with E-state index in [0.29, 0.717) is 52.0 Å². The average molecular weight is 469 g/mol. The largest absolute Gasteiger partial charge is 0.389 e. The van der Waals surface area contributed by atoms with E-state index in [0.717, 1.165) is 59.0 Å². The second-order valence-corrected chi connectivity index (χ2v) is 7.35. The Labute approximate surface area is 195 Å². The summed E-state index contributed by atoms with van der Waals surface area (Å²) < 4.78 is 14.4. The van der Waals surface area contributed by atoms with Crippen molar-refractivity contribution in [3.8, 4) is 0 Å². The number of epoxide rings is 1. The topological polar surface area (TPSA) is 200 Å². The molecule has 2 atom stereocenters. The van der Waals surface area contributed by atoms with Crippen LogP contribution >= 0.6 is 0 Å². The van der Waals surface area contributed by atoms with Gasteiger partial charge in [0.1, 0.15) is 6.10 Å². The maximum Gasteiger partial charge on any atom is 0.104 e. The quantitative estimate of drug-likeness (QED) is 0.0716. The molecule has 1 rings (SSSR count). The van der Waals surface area contributed by atoms with Crippen molar-refractivity contribution < 1.29 is 19.3 Å². The van der Waals surface area contributed by atoms with Crippen molar-refractivity contribution in [2.45, 2.75) is 12.2 Å². The summed E-state index contributed by atoms with van der Waals surface area (Å²) in [7, 11) is 3.26. The zero-order valence-electron chi connectivity index (χ0n) is 20.4. The minimum atomic E-state index is -0.442. The SMILES string of the molecule is COCC(O)CNCCN(CCN)CCN.COCC1CO1.NCCN(CCN)CCN. The van der Waals surface area contributed by atoms with Gasteiger partial charge in [0.25, 0.3) is 0 Å². The monoisotopic (exact) mass is 468 g/mol. The summed E-state index contributed by atoms with van der Waals surface area (Å²) >= 11 is 0. The van der Waals surface area contributed by atoms with E-state index in [1.54, 1.807) is 14.2 Å². The Hall–Kier alpha value is -0.480. The first-order valence-corrected chi connectivity index (χ1v) is 11.5. The number of ether oxygens (including phenoxy) is 3. The van der Waals surface area contributed by atoms with E-state index < -0.39 is 6.10 Å². The van der Waals surface area contributed by atoms with Crippen molar-refractivity contribution in [3.05, 3.63) is 0 Å². The molecule has 0 aliphatic carbocycles. The summed E-state index contributed by atoms with van der Waals surface area (Å²) in [5.74, 6) is 0. The molecular weight excluding hydrogens is 416 g/mol. The standard InChI is InChI=1S/C10H26N4O2.C6H18N4.C4H8O2/c1-16-9-10(15)8-13-4-7-14(5-2-11)6-3-12;7-1-4-10(5-2-8)6-3-9;1-5-2-4-3-6-4/h10,13,15H,2-9,11-12H2,1H3;1-9H2;4H,2-3H2,1H3. The highest BCUT2D eigenvalue weighted by Crippen LogP contribution is 2.06. The second-order valence-electron chi connectivity index (χ2n) is 7.35. The van der Waals surface area contributed by atoms with E-state index in [9.17, 15) is 5.11 Å². The third kappa shape index (κ3) is 25.8. The zero-order chi connectivity index (χ0) is 24.5. The van der Waals surface area contributed by atoms with Crippen LogP contribution in [0, 0.1) is 0 Å². The minimum absolute atomic E-state index is 0.363. The van der Waals surface area contributed by atoms with Crippen molar-refractivity contribution in [1.82, 2.24) is 15.1 Å². The molecule has 1 aliphatic rings. The van der Waals surface area contributed by atoms with E-state index in [1.807, 2.05) is 0 Å². The summed E-state index contributed by atoms with van der Waals surface area (Å²) in [4.78, 5) is 4.37. The van der Waals surface area contributed by atoms with Crippen LogP contribution in [0.3, 0.4) is 0 Å². The predicted molar refractivity (Wildman–Crippen MR) is 131 cm³/mol. The number of nitrogens with two attached hydrogens (primary N) is 5. The molecule has 2 unspecified atom stereocenters. The molecule has 12 heteroatoms. The van der Waals surface area contributed by atoms with E-state index >= 15 is 0 Å². The van der Waals surface area contributed by atoms with Crippen LogP contribution in [0.15, 0.2) is 0 Å². The summed E-state index contributed by atoms with van der Waals surface area (Å²) in [6.45, 7) is 12.0. The first-order chi connectivity index (χ1) is 15.5. The normalized spacial score (nSPS) is 15.8. The van der Waals surface area contributed by atoms with Crippen LogP contribution in [-0.2, 0) is 14.2 Å². The van der Waals surface area contributed by atoms with Crippen LogP contribution in [0.4, 0.5) is 0 Å². The molecule has 0 bridgehead atoms. The summed E-state index contributed by atoms with van der Waals surface area (Å²) in [5.41, 5.74) is 27.1. The van der Waals surface area contributed by atoms with Crippen LogP contribution in [0.2, 0.25) is 0 Å². The van der Waals surface area contributed by atoms with Crippen molar-refractivity contribution in [3.63, 3.8) is 0 Å². The molecule has 1 heterocycles. The van der Waals surface area contributed by atoms with E-state index in [2.05, 4.69) is 15.1 Å². The van der Waals surface area contributed by atoms with E-state index in [1.165, 1.54) is 0 Å². The van der Waals surface area contributed by atoms with Gasteiger partial charge in [-0.1, -0.05) is 0 Å². The fourth-order valence-electron chi connectivity index (χ4n) is 2.69. The first kappa shape index (κ1) is 33.7. The number of methoxy groups -OCH3 is 2. The molecule has 1 saturated heterocycles. The van der Waals surface area contributed by atoms with Crippen LogP contribution in [-0.4, -0.2) is 146 Å². The maximum absolute atomic E-state index is 9.38. The number of aliphatic hydroxyl groups is 1. The van der Waals surface area contributed by atoms with Crippen molar-refractivity contribution in [2.75, 3.05) is 119 Å². The molecule has 12 nitrogen and oxygen atoms in total. The zero-order valence-corrected chi connectivity index (χ0v) is 20.4. The Morgan fingerprint density at radius 2 is 1.28 bits per heavy atom. The number of hydrogen-bond acceptors (Lipinski definition) is 12. The summed E-state index contributed by atoms with van der Waals surface area (Å²) in [5, 5.41) is 12.5. The highest BCUT2D eigenvalue weighted by Gasteiger charge is 2.21. The Bertz CT molecular complexity index is 337. The van der Waals surface area contributed by atoms with Gasteiger partial charge in [-0.15, -0.1) is 0 Å². The lowest BCUT2D eigenvalue weighted by Crippen LogP contribution is -2.40. The highest BCUT2D eigenvalue weighted by atomic mass is 16.6. The Kier molecular flexibility index (Phi) is 28.2. The van der Waals surface area contributed by atoms with Gasteiger partial charge in [-0.25, -0.2) is 0 Å². The average Bonchev–Trinajstić information content (AvgIpc) is 3.58. The smallest absolute Gasteiger partial charge is 0.104 e. The number of aliphatic hydroxyl groups excluding tert-OH is 1. The number of rotatable bonds is 19. The van der Waals surface area contributed by atoms with Gasteiger partial charge in [0.2, 0.25) is 0 Å². The summed E-state index contributed by atoms with van der Waals surface area (Å²) in [6, 6.07) is 0. The maximum atomic E-state index is 9.38. The molecule has 1 fully saturated rings. The van der Waals surface area contributed by atoms with Gasteiger partial charge in [0.05, 0.1) is 25.9 Å². The Morgan fingerprint density at radius 3 is 1.59 bits per heavy atom. The lowest BCUT2D eigenvalue weighted by atomic mass is 10.3. The molecule has 196 valence electrons. The fraction of sp³-hybridized carbons (Fsp3) is 1.00. The molecule has 0 radical (unpaired) electrons. The number of nitrogens with zero attached hydrogens (tertiary/aromatic N) is 2. The lowest BCUT2D eigenvalue weighted by Gasteiger charge is -2.21. The molecule has 0 saturated carbocycles. The van der Waals surface area contributed by atoms with Crippen LogP contribution < -0.4 is 34.0 Å². The van der Waals surface area contributed by atoms with E-state index in [-0.39, 0.29) is 0 Å². The van der Waals surface area contributed by atoms with Gasteiger partial charge in [-0.3, -0.25) is 9.80 Å². The van der Waals surface area contributed by atoms with Gasteiger partial charge in [-0.05, 0) is 0 Å². The van der Waals surface area contributed by atoms with Crippen LogP contribution in [0.1, 0.15) is 0 Å². The van der Waals surface area contributed by atoms with Crippen molar-refractivity contribution >= 4 is 0 Å². The molecule has 32 heavy (non-hydrogen) atoms. The predicted octanol–water partition coefficient (Wildman–Crippen LogP) is -4.00. The van der Waals surface area contributed by atoms with Gasteiger partial charge in [0, 0.05) is 99.3 Å². The Morgan fingerprint density at radius 1 is 0.844 bits per heavy atom. The molecule has 0 amide bonds. The fourth-order valence-corrected chi connectivity index (χ4v) is 2.69. The molecule has 0 aromatic rings. The lowest BCUT2D eigenvalue weighted by molar-refractivity contribution is 0.0642. The van der Waals surface area contributed by atoms with Crippen LogP contribution in [0.25, 0.3) is 0 Å². The minimum Gasteiger partial charge on any atom is -0.389 e. The molecule has 0 aromatic heterocycles. The summed E-state index contributed by atoms with van der Waals surface area (Å²) in [6.07, 6.45) is -0.0162. The molecule has 12 N–H and O–H groups in total.